The van der Waals surface area contributed by atoms with Crippen molar-refractivity contribution >= 4 is 10.9 Å². The van der Waals surface area contributed by atoms with Crippen LogP contribution in [0.1, 0.15) is 16.7 Å². The number of hydrogen-bond acceptors (Lipinski definition) is 3. The second-order valence-electron chi connectivity index (χ2n) is 5.75. The van der Waals surface area contributed by atoms with Crippen molar-refractivity contribution in [2.24, 2.45) is 0 Å². The zero-order valence-corrected chi connectivity index (χ0v) is 12.8. The topological polar surface area (TPSA) is 49.0 Å². The fourth-order valence-electron chi connectivity index (χ4n) is 2.63. The summed E-state index contributed by atoms with van der Waals surface area (Å²) in [7, 11) is 2.01. The minimum absolute atomic E-state index is 0.0175. The summed E-state index contributed by atoms with van der Waals surface area (Å²) in [5.41, 5.74) is 3.94. The molecule has 0 aliphatic carbocycles. The Labute approximate surface area is 129 Å². The Bertz CT molecular complexity index is 840. The smallest absolute Gasteiger partial charge is 0.252 e. The number of aromatic nitrogens is 2. The number of fused-ring (bicyclic) bond motifs is 1. The zero-order chi connectivity index (χ0) is 15.5. The molecule has 0 unspecified atom stereocenters. The van der Waals surface area contributed by atoms with Crippen molar-refractivity contribution in [2.75, 3.05) is 7.05 Å². The van der Waals surface area contributed by atoms with Crippen LogP contribution in [0.25, 0.3) is 10.9 Å². The van der Waals surface area contributed by atoms with Crippen molar-refractivity contribution in [1.29, 1.82) is 0 Å². The van der Waals surface area contributed by atoms with Gasteiger partial charge in [-0.2, -0.15) is 0 Å². The van der Waals surface area contributed by atoms with Crippen LogP contribution in [0.2, 0.25) is 0 Å². The first-order chi connectivity index (χ1) is 10.6. The lowest BCUT2D eigenvalue weighted by Crippen LogP contribution is -2.23. The van der Waals surface area contributed by atoms with Gasteiger partial charge in [-0.15, -0.1) is 0 Å². The van der Waals surface area contributed by atoms with Gasteiger partial charge < -0.3 is 4.98 Å². The standard InChI is InChI=1S/C18H19N3O/c1-13-5-6-15-9-16(18(22)20-17(15)8-13)12-21(2)11-14-4-3-7-19-10-14/h3-10H,11-12H2,1-2H3,(H,20,22). The van der Waals surface area contributed by atoms with Gasteiger partial charge in [0.05, 0.1) is 0 Å². The highest BCUT2D eigenvalue weighted by atomic mass is 16.1. The van der Waals surface area contributed by atoms with Crippen LogP contribution >= 0.6 is 0 Å². The van der Waals surface area contributed by atoms with E-state index < -0.39 is 0 Å². The SMILES string of the molecule is Cc1ccc2cc(CN(C)Cc3cccnc3)c(=O)[nH]c2c1. The molecule has 0 radical (unpaired) electrons. The van der Waals surface area contributed by atoms with Crippen LogP contribution in [0.3, 0.4) is 0 Å². The molecule has 0 fully saturated rings. The van der Waals surface area contributed by atoms with E-state index in [9.17, 15) is 4.79 Å². The Morgan fingerprint density at radius 3 is 2.82 bits per heavy atom. The molecular weight excluding hydrogens is 274 g/mol. The summed E-state index contributed by atoms with van der Waals surface area (Å²) in [6.07, 6.45) is 3.61. The van der Waals surface area contributed by atoms with Gasteiger partial charge in [-0.25, -0.2) is 0 Å². The molecule has 0 aliphatic heterocycles. The Morgan fingerprint density at radius 2 is 2.05 bits per heavy atom. The lowest BCUT2D eigenvalue weighted by Gasteiger charge is -2.16. The van der Waals surface area contributed by atoms with Gasteiger partial charge in [-0.1, -0.05) is 18.2 Å². The molecule has 2 aromatic heterocycles. The molecule has 1 N–H and O–H groups in total. The summed E-state index contributed by atoms with van der Waals surface area (Å²) >= 11 is 0. The molecule has 0 bridgehead atoms. The van der Waals surface area contributed by atoms with E-state index in [1.54, 1.807) is 6.20 Å². The highest BCUT2D eigenvalue weighted by molar-refractivity contribution is 5.79. The van der Waals surface area contributed by atoms with Gasteiger partial charge >= 0.3 is 0 Å². The van der Waals surface area contributed by atoms with Crippen LogP contribution in [-0.2, 0) is 13.1 Å². The average Bonchev–Trinajstić information content (AvgIpc) is 2.49. The number of hydrogen-bond donors (Lipinski definition) is 1. The van der Waals surface area contributed by atoms with Gasteiger partial charge in [-0.3, -0.25) is 14.7 Å². The van der Waals surface area contributed by atoms with Gasteiger partial charge in [0.25, 0.3) is 5.56 Å². The van der Waals surface area contributed by atoms with E-state index in [1.165, 1.54) is 0 Å². The van der Waals surface area contributed by atoms with Crippen LogP contribution < -0.4 is 5.56 Å². The van der Waals surface area contributed by atoms with E-state index in [1.807, 2.05) is 50.5 Å². The molecule has 112 valence electrons. The molecule has 4 heteroatoms. The van der Waals surface area contributed by atoms with Crippen LogP contribution in [-0.4, -0.2) is 21.9 Å². The number of pyridine rings is 2. The first-order valence-electron chi connectivity index (χ1n) is 7.32. The number of H-pyrrole nitrogens is 1. The lowest BCUT2D eigenvalue weighted by molar-refractivity contribution is 0.317. The quantitative estimate of drug-likeness (QED) is 0.804. The monoisotopic (exact) mass is 293 g/mol. The molecule has 0 saturated heterocycles. The number of aryl methyl sites for hydroxylation is 1. The van der Waals surface area contributed by atoms with Crippen LogP contribution in [0.15, 0.2) is 53.6 Å². The van der Waals surface area contributed by atoms with Gasteiger partial charge in [0, 0.05) is 36.6 Å². The molecule has 0 saturated carbocycles. The highest BCUT2D eigenvalue weighted by Gasteiger charge is 2.07. The first-order valence-corrected chi connectivity index (χ1v) is 7.32. The number of rotatable bonds is 4. The third-order valence-electron chi connectivity index (χ3n) is 3.69. The van der Waals surface area contributed by atoms with E-state index >= 15 is 0 Å². The predicted molar refractivity (Wildman–Crippen MR) is 88.7 cm³/mol. The fourth-order valence-corrected chi connectivity index (χ4v) is 2.63. The maximum atomic E-state index is 12.2. The minimum atomic E-state index is -0.0175. The van der Waals surface area contributed by atoms with E-state index in [4.69, 9.17) is 0 Å². The van der Waals surface area contributed by atoms with Crippen molar-refractivity contribution in [1.82, 2.24) is 14.9 Å². The van der Waals surface area contributed by atoms with Crippen molar-refractivity contribution in [3.63, 3.8) is 0 Å². The number of nitrogens with zero attached hydrogens (tertiary/aromatic N) is 2. The van der Waals surface area contributed by atoms with Crippen molar-refractivity contribution in [2.45, 2.75) is 20.0 Å². The molecule has 3 aromatic rings. The fraction of sp³-hybridized carbons (Fsp3) is 0.222. The molecule has 3 rings (SSSR count). The van der Waals surface area contributed by atoms with Crippen LogP contribution in [0.4, 0.5) is 0 Å². The third kappa shape index (κ3) is 3.23. The maximum absolute atomic E-state index is 12.2. The third-order valence-corrected chi connectivity index (χ3v) is 3.69. The first kappa shape index (κ1) is 14.5. The maximum Gasteiger partial charge on any atom is 0.252 e. The molecular formula is C18H19N3O. The predicted octanol–water partition coefficient (Wildman–Crippen LogP) is 2.86. The molecule has 0 amide bonds. The van der Waals surface area contributed by atoms with E-state index in [2.05, 4.69) is 20.9 Å². The zero-order valence-electron chi connectivity index (χ0n) is 12.8. The number of aromatic amines is 1. The Kier molecular flexibility index (Phi) is 4.02. The summed E-state index contributed by atoms with van der Waals surface area (Å²) in [6.45, 7) is 3.39. The van der Waals surface area contributed by atoms with Crippen LogP contribution in [0, 0.1) is 6.92 Å². The van der Waals surface area contributed by atoms with Gasteiger partial charge in [-0.05, 0) is 48.7 Å². The summed E-state index contributed by atoms with van der Waals surface area (Å²) < 4.78 is 0. The van der Waals surface area contributed by atoms with Crippen molar-refractivity contribution in [3.05, 3.63) is 75.8 Å². The normalized spacial score (nSPS) is 11.2. The average molecular weight is 293 g/mol. The number of nitrogens with one attached hydrogen (secondary N) is 1. The molecule has 0 spiro atoms. The van der Waals surface area contributed by atoms with Gasteiger partial charge in [0.15, 0.2) is 0 Å². The van der Waals surface area contributed by atoms with E-state index in [0.29, 0.717) is 6.54 Å². The molecule has 2 heterocycles. The van der Waals surface area contributed by atoms with E-state index in [0.717, 1.165) is 34.1 Å². The van der Waals surface area contributed by atoms with E-state index in [-0.39, 0.29) is 5.56 Å². The number of benzene rings is 1. The lowest BCUT2D eigenvalue weighted by atomic mass is 10.1. The second kappa shape index (κ2) is 6.12. The Balaban J connectivity index is 1.82. The summed E-state index contributed by atoms with van der Waals surface area (Å²) in [4.78, 5) is 21.4. The second-order valence-corrected chi connectivity index (χ2v) is 5.75. The summed E-state index contributed by atoms with van der Waals surface area (Å²) in [5.74, 6) is 0. The Hall–Kier alpha value is -2.46. The molecule has 1 aromatic carbocycles. The summed E-state index contributed by atoms with van der Waals surface area (Å²) in [6, 6.07) is 12.0. The minimum Gasteiger partial charge on any atom is -0.322 e. The van der Waals surface area contributed by atoms with Crippen molar-refractivity contribution < 1.29 is 0 Å². The molecule has 4 nitrogen and oxygen atoms in total. The summed E-state index contributed by atoms with van der Waals surface area (Å²) in [5, 5.41) is 1.06. The molecule has 22 heavy (non-hydrogen) atoms. The van der Waals surface area contributed by atoms with Crippen molar-refractivity contribution in [3.8, 4) is 0 Å². The van der Waals surface area contributed by atoms with Gasteiger partial charge in [0.1, 0.15) is 0 Å². The van der Waals surface area contributed by atoms with Gasteiger partial charge in [0.2, 0.25) is 0 Å². The van der Waals surface area contributed by atoms with Crippen LogP contribution in [0.5, 0.6) is 0 Å². The molecule has 0 aliphatic rings. The highest BCUT2D eigenvalue weighted by Crippen LogP contribution is 2.14. The largest absolute Gasteiger partial charge is 0.322 e. The Morgan fingerprint density at radius 1 is 1.18 bits per heavy atom. The molecule has 0 atom stereocenters.